The molecule has 0 aromatic heterocycles. The van der Waals surface area contributed by atoms with Crippen molar-refractivity contribution in [1.29, 1.82) is 0 Å². The molecule has 4 nitrogen and oxygen atoms in total. The first-order valence-electron chi connectivity index (χ1n) is 9.11. The second-order valence-electron chi connectivity index (χ2n) is 6.72. The van der Waals surface area contributed by atoms with Gasteiger partial charge in [-0.05, 0) is 80.6 Å². The topological polar surface area (TPSA) is 47.6 Å². The van der Waals surface area contributed by atoms with Crippen LogP contribution in [0.4, 0.5) is 0 Å². The molecule has 0 bridgehead atoms. The number of carbonyl (C=O) groups is 1. The van der Waals surface area contributed by atoms with Crippen LogP contribution in [0, 0.1) is 27.7 Å². The fourth-order valence-corrected chi connectivity index (χ4v) is 2.75. The molecule has 0 saturated carbocycles. The van der Waals surface area contributed by atoms with E-state index in [0.717, 1.165) is 28.2 Å². The molecule has 4 heteroatoms. The van der Waals surface area contributed by atoms with Crippen LogP contribution in [-0.2, 0) is 4.79 Å². The highest BCUT2D eigenvalue weighted by atomic mass is 16.5. The summed E-state index contributed by atoms with van der Waals surface area (Å²) in [6, 6.07) is 12.0. The highest BCUT2D eigenvalue weighted by Crippen LogP contribution is 2.19. The average Bonchev–Trinajstić information content (AvgIpc) is 2.58. The molecule has 0 aliphatic rings. The largest absolute Gasteiger partial charge is 0.492 e. The summed E-state index contributed by atoms with van der Waals surface area (Å²) in [7, 11) is 0. The van der Waals surface area contributed by atoms with Crippen molar-refractivity contribution in [2.24, 2.45) is 0 Å². The van der Waals surface area contributed by atoms with Gasteiger partial charge in [0.25, 0.3) is 5.91 Å². The number of hydrogen-bond acceptors (Lipinski definition) is 3. The van der Waals surface area contributed by atoms with Crippen LogP contribution in [-0.4, -0.2) is 25.2 Å². The Morgan fingerprint density at radius 2 is 1.65 bits per heavy atom. The third-order valence-corrected chi connectivity index (χ3v) is 4.29. The molecule has 26 heavy (non-hydrogen) atoms. The van der Waals surface area contributed by atoms with Gasteiger partial charge < -0.3 is 14.8 Å². The van der Waals surface area contributed by atoms with Gasteiger partial charge in [0, 0.05) is 0 Å². The Balaban J connectivity index is 1.82. The zero-order valence-corrected chi connectivity index (χ0v) is 16.4. The minimum Gasteiger partial charge on any atom is -0.492 e. The fraction of sp³-hybridized carbons (Fsp3) is 0.409. The van der Waals surface area contributed by atoms with Crippen LogP contribution in [0.2, 0.25) is 0 Å². The number of ether oxygens (including phenoxy) is 2. The van der Waals surface area contributed by atoms with Gasteiger partial charge in [-0.2, -0.15) is 0 Å². The molecule has 2 rings (SSSR count). The number of benzene rings is 2. The first-order chi connectivity index (χ1) is 12.4. The SMILES string of the molecule is CC[C@@H](Oc1ccc(C)c(C)c1)C(=O)NCCOc1cc(C)cc(C)c1. The minimum atomic E-state index is -0.502. The summed E-state index contributed by atoms with van der Waals surface area (Å²) in [6.45, 7) is 11.0. The maximum absolute atomic E-state index is 12.4. The molecule has 0 aliphatic carbocycles. The van der Waals surface area contributed by atoms with E-state index in [2.05, 4.69) is 18.3 Å². The van der Waals surface area contributed by atoms with Crippen LogP contribution in [0.25, 0.3) is 0 Å². The van der Waals surface area contributed by atoms with E-state index in [1.54, 1.807) is 0 Å². The number of aryl methyl sites for hydroxylation is 4. The van der Waals surface area contributed by atoms with Crippen LogP contribution < -0.4 is 14.8 Å². The molecule has 0 spiro atoms. The fourth-order valence-electron chi connectivity index (χ4n) is 2.75. The predicted molar refractivity (Wildman–Crippen MR) is 105 cm³/mol. The third kappa shape index (κ3) is 5.80. The van der Waals surface area contributed by atoms with Gasteiger partial charge in [0.15, 0.2) is 6.10 Å². The molecule has 0 aliphatic heterocycles. The second kappa shape index (κ2) is 9.27. The molecule has 1 amide bonds. The van der Waals surface area contributed by atoms with Gasteiger partial charge in [-0.1, -0.05) is 19.1 Å². The van der Waals surface area contributed by atoms with Crippen LogP contribution in [0.5, 0.6) is 11.5 Å². The Kier molecular flexibility index (Phi) is 7.07. The van der Waals surface area contributed by atoms with Crippen molar-refractivity contribution < 1.29 is 14.3 Å². The molecule has 0 radical (unpaired) electrons. The second-order valence-corrected chi connectivity index (χ2v) is 6.72. The molecule has 0 unspecified atom stereocenters. The van der Waals surface area contributed by atoms with Gasteiger partial charge in [0.1, 0.15) is 18.1 Å². The Bertz CT molecular complexity index is 735. The van der Waals surface area contributed by atoms with Gasteiger partial charge in [-0.25, -0.2) is 0 Å². The molecule has 1 N–H and O–H groups in total. The highest BCUT2D eigenvalue weighted by molar-refractivity contribution is 5.81. The highest BCUT2D eigenvalue weighted by Gasteiger charge is 2.18. The van der Waals surface area contributed by atoms with Crippen molar-refractivity contribution in [3.63, 3.8) is 0 Å². The summed E-state index contributed by atoms with van der Waals surface area (Å²) in [5.74, 6) is 1.44. The Labute approximate surface area is 156 Å². The molecular weight excluding hydrogens is 326 g/mol. The maximum Gasteiger partial charge on any atom is 0.261 e. The normalized spacial score (nSPS) is 11.7. The van der Waals surface area contributed by atoms with E-state index < -0.39 is 6.10 Å². The molecule has 0 heterocycles. The van der Waals surface area contributed by atoms with E-state index in [4.69, 9.17) is 9.47 Å². The average molecular weight is 355 g/mol. The quantitative estimate of drug-likeness (QED) is 0.719. The first-order valence-corrected chi connectivity index (χ1v) is 9.11. The lowest BCUT2D eigenvalue weighted by Crippen LogP contribution is -2.39. The molecule has 140 valence electrons. The van der Waals surface area contributed by atoms with E-state index in [1.165, 1.54) is 5.56 Å². The molecule has 2 aromatic rings. The third-order valence-electron chi connectivity index (χ3n) is 4.29. The maximum atomic E-state index is 12.4. The lowest BCUT2D eigenvalue weighted by Gasteiger charge is -2.18. The summed E-state index contributed by atoms with van der Waals surface area (Å²) in [6.07, 6.45) is 0.106. The minimum absolute atomic E-state index is 0.116. The zero-order valence-electron chi connectivity index (χ0n) is 16.4. The summed E-state index contributed by atoms with van der Waals surface area (Å²) in [5, 5.41) is 2.89. The molecular formula is C22H29NO3. The number of nitrogens with one attached hydrogen (secondary N) is 1. The smallest absolute Gasteiger partial charge is 0.261 e. The number of rotatable bonds is 8. The van der Waals surface area contributed by atoms with Gasteiger partial charge in [0.2, 0.25) is 0 Å². The Morgan fingerprint density at radius 1 is 0.962 bits per heavy atom. The van der Waals surface area contributed by atoms with Crippen molar-refractivity contribution in [2.45, 2.75) is 47.1 Å². The Morgan fingerprint density at radius 3 is 2.27 bits per heavy atom. The standard InChI is InChI=1S/C22H29NO3/c1-6-21(26-19-8-7-17(4)18(5)14-19)22(24)23-9-10-25-20-12-15(2)11-16(3)13-20/h7-8,11-14,21H,6,9-10H2,1-5H3,(H,23,24)/t21-/m1/s1. The molecule has 0 saturated heterocycles. The van der Waals surface area contributed by atoms with Crippen LogP contribution in [0.3, 0.4) is 0 Å². The molecule has 1 atom stereocenters. The summed E-state index contributed by atoms with van der Waals surface area (Å²) in [5.41, 5.74) is 4.69. The predicted octanol–water partition coefficient (Wildman–Crippen LogP) is 4.27. The number of carbonyl (C=O) groups excluding carboxylic acids is 1. The zero-order chi connectivity index (χ0) is 19.1. The summed E-state index contributed by atoms with van der Waals surface area (Å²) >= 11 is 0. The van der Waals surface area contributed by atoms with Crippen LogP contribution in [0.15, 0.2) is 36.4 Å². The first kappa shape index (κ1) is 19.8. The molecule has 2 aromatic carbocycles. The lowest BCUT2D eigenvalue weighted by atomic mass is 10.1. The summed E-state index contributed by atoms with van der Waals surface area (Å²) in [4.78, 5) is 12.4. The van der Waals surface area contributed by atoms with Crippen LogP contribution >= 0.6 is 0 Å². The van der Waals surface area contributed by atoms with E-state index in [1.807, 2.05) is 58.0 Å². The van der Waals surface area contributed by atoms with Crippen molar-refractivity contribution in [1.82, 2.24) is 5.32 Å². The Hall–Kier alpha value is -2.49. The van der Waals surface area contributed by atoms with E-state index >= 15 is 0 Å². The number of amides is 1. The number of hydrogen-bond donors (Lipinski definition) is 1. The van der Waals surface area contributed by atoms with E-state index in [9.17, 15) is 4.79 Å². The summed E-state index contributed by atoms with van der Waals surface area (Å²) < 4.78 is 11.6. The molecule has 0 fully saturated rings. The van der Waals surface area contributed by atoms with Gasteiger partial charge >= 0.3 is 0 Å². The van der Waals surface area contributed by atoms with Gasteiger partial charge in [-0.3, -0.25) is 4.79 Å². The van der Waals surface area contributed by atoms with Crippen molar-refractivity contribution in [2.75, 3.05) is 13.2 Å². The van der Waals surface area contributed by atoms with Crippen molar-refractivity contribution in [3.05, 3.63) is 58.7 Å². The monoisotopic (exact) mass is 355 g/mol. The van der Waals surface area contributed by atoms with Crippen molar-refractivity contribution >= 4 is 5.91 Å². The van der Waals surface area contributed by atoms with Crippen molar-refractivity contribution in [3.8, 4) is 11.5 Å². The van der Waals surface area contributed by atoms with E-state index in [-0.39, 0.29) is 5.91 Å². The van der Waals surface area contributed by atoms with E-state index in [0.29, 0.717) is 19.6 Å². The lowest BCUT2D eigenvalue weighted by molar-refractivity contribution is -0.128. The van der Waals surface area contributed by atoms with Crippen LogP contribution in [0.1, 0.15) is 35.6 Å². The van der Waals surface area contributed by atoms with Gasteiger partial charge in [0.05, 0.1) is 6.54 Å². The van der Waals surface area contributed by atoms with Gasteiger partial charge in [-0.15, -0.1) is 0 Å².